The molecule has 0 amide bonds. The van der Waals surface area contributed by atoms with Crippen LogP contribution in [0.4, 0.5) is 0 Å². The molecule has 0 aromatic heterocycles. The zero-order valence-corrected chi connectivity index (χ0v) is 11.8. The quantitative estimate of drug-likeness (QED) is 0.604. The maximum absolute atomic E-state index is 12.1. The lowest BCUT2D eigenvalue weighted by atomic mass is 9.98. The van der Waals surface area contributed by atoms with Crippen LogP contribution in [0.2, 0.25) is 0 Å². The molecule has 0 bridgehead atoms. The van der Waals surface area contributed by atoms with Crippen LogP contribution >= 0.6 is 0 Å². The van der Waals surface area contributed by atoms with Gasteiger partial charge in [-0.3, -0.25) is 4.79 Å². The summed E-state index contributed by atoms with van der Waals surface area (Å²) in [6.07, 6.45) is 6.04. The summed E-state index contributed by atoms with van der Waals surface area (Å²) < 4.78 is 5.58. The molecular formula is C17H22O2. The van der Waals surface area contributed by atoms with Gasteiger partial charge >= 0.3 is 5.97 Å². The van der Waals surface area contributed by atoms with Crippen LogP contribution < -0.4 is 0 Å². The molecule has 1 aliphatic rings. The number of carbonyl (C=O) groups excluding carboxylic acids is 1. The first-order valence-electron chi connectivity index (χ1n) is 7.07. The van der Waals surface area contributed by atoms with Gasteiger partial charge in [-0.2, -0.15) is 0 Å². The van der Waals surface area contributed by atoms with E-state index >= 15 is 0 Å². The molecule has 2 atom stereocenters. The van der Waals surface area contributed by atoms with Gasteiger partial charge in [0.25, 0.3) is 0 Å². The standard InChI is InChI=1S/C17H22O2/c1-13-7-6-10-16(11-13)19-17(18)14(2)12-15-8-4-3-5-9-15/h3-5,8-9,11,14,16H,6-7,10,12H2,1-2H3/t14-,16+/m0/s1. The van der Waals surface area contributed by atoms with Crippen molar-refractivity contribution in [3.8, 4) is 0 Å². The van der Waals surface area contributed by atoms with Crippen molar-refractivity contribution in [3.05, 3.63) is 47.5 Å². The molecule has 19 heavy (non-hydrogen) atoms. The molecule has 0 fully saturated rings. The van der Waals surface area contributed by atoms with Gasteiger partial charge in [-0.1, -0.05) is 42.8 Å². The highest BCUT2D eigenvalue weighted by molar-refractivity contribution is 5.72. The molecular weight excluding hydrogens is 236 g/mol. The Morgan fingerprint density at radius 3 is 2.79 bits per heavy atom. The fraction of sp³-hybridized carbons (Fsp3) is 0.471. The monoisotopic (exact) mass is 258 g/mol. The summed E-state index contributed by atoms with van der Waals surface area (Å²) >= 11 is 0. The number of hydrogen-bond acceptors (Lipinski definition) is 2. The number of ether oxygens (including phenoxy) is 1. The van der Waals surface area contributed by atoms with Crippen LogP contribution in [0.1, 0.15) is 38.7 Å². The Morgan fingerprint density at radius 2 is 2.11 bits per heavy atom. The van der Waals surface area contributed by atoms with Gasteiger partial charge in [0.05, 0.1) is 5.92 Å². The van der Waals surface area contributed by atoms with Gasteiger partial charge in [0.2, 0.25) is 0 Å². The predicted octanol–water partition coefficient (Wildman–Crippen LogP) is 3.91. The third-order valence-corrected chi connectivity index (χ3v) is 3.58. The normalized spacial score (nSPS) is 20.5. The van der Waals surface area contributed by atoms with E-state index in [2.05, 4.69) is 25.1 Å². The SMILES string of the molecule is CC1=C[C@H](OC(=O)[C@@H](C)Cc2ccccc2)CCC1. The Hall–Kier alpha value is -1.57. The van der Waals surface area contributed by atoms with Gasteiger partial charge in [-0.05, 0) is 44.2 Å². The molecule has 2 nitrogen and oxygen atoms in total. The van der Waals surface area contributed by atoms with Crippen LogP contribution in [0.3, 0.4) is 0 Å². The minimum atomic E-state index is -0.0852. The number of hydrogen-bond donors (Lipinski definition) is 0. The van der Waals surface area contributed by atoms with Crippen molar-refractivity contribution >= 4 is 5.97 Å². The second kappa shape index (κ2) is 6.55. The number of esters is 1. The number of allylic oxidation sites excluding steroid dienone is 1. The third-order valence-electron chi connectivity index (χ3n) is 3.58. The number of benzene rings is 1. The highest BCUT2D eigenvalue weighted by Crippen LogP contribution is 2.21. The molecule has 0 saturated heterocycles. The Kier molecular flexibility index (Phi) is 4.78. The molecule has 1 aromatic rings. The second-order valence-electron chi connectivity index (χ2n) is 5.47. The first-order valence-corrected chi connectivity index (χ1v) is 7.07. The van der Waals surface area contributed by atoms with E-state index in [1.165, 1.54) is 11.1 Å². The molecule has 1 aliphatic carbocycles. The van der Waals surface area contributed by atoms with Crippen LogP contribution in [-0.4, -0.2) is 12.1 Å². The topological polar surface area (TPSA) is 26.3 Å². The van der Waals surface area contributed by atoms with Crippen LogP contribution in [0.5, 0.6) is 0 Å². The van der Waals surface area contributed by atoms with E-state index in [1.807, 2.05) is 25.1 Å². The molecule has 0 saturated carbocycles. The molecule has 2 heteroatoms. The molecule has 102 valence electrons. The lowest BCUT2D eigenvalue weighted by molar-refractivity contribution is -0.151. The molecule has 1 aromatic carbocycles. The number of rotatable bonds is 4. The minimum Gasteiger partial charge on any atom is -0.458 e. The van der Waals surface area contributed by atoms with Gasteiger partial charge < -0.3 is 4.74 Å². The van der Waals surface area contributed by atoms with E-state index in [0.717, 1.165) is 25.7 Å². The Labute approximate surface area is 115 Å². The van der Waals surface area contributed by atoms with Gasteiger partial charge in [0, 0.05) is 0 Å². The Bertz CT molecular complexity index is 448. The molecule has 0 radical (unpaired) electrons. The van der Waals surface area contributed by atoms with Gasteiger partial charge in [-0.15, -0.1) is 0 Å². The highest BCUT2D eigenvalue weighted by Gasteiger charge is 2.20. The summed E-state index contributed by atoms with van der Waals surface area (Å²) in [5, 5.41) is 0. The van der Waals surface area contributed by atoms with Gasteiger partial charge in [0.15, 0.2) is 0 Å². The summed E-state index contributed by atoms with van der Waals surface area (Å²) in [5.41, 5.74) is 2.52. The second-order valence-corrected chi connectivity index (χ2v) is 5.47. The van der Waals surface area contributed by atoms with Crippen molar-refractivity contribution in [1.29, 1.82) is 0 Å². The lowest BCUT2D eigenvalue weighted by Crippen LogP contribution is -2.24. The van der Waals surface area contributed by atoms with Crippen molar-refractivity contribution in [3.63, 3.8) is 0 Å². The Balaban J connectivity index is 1.87. The van der Waals surface area contributed by atoms with Crippen LogP contribution in [0.15, 0.2) is 42.0 Å². The largest absolute Gasteiger partial charge is 0.458 e. The summed E-state index contributed by atoms with van der Waals surface area (Å²) in [6.45, 7) is 4.04. The molecule has 0 heterocycles. The fourth-order valence-electron chi connectivity index (χ4n) is 2.48. The summed E-state index contributed by atoms with van der Waals surface area (Å²) in [6, 6.07) is 10.1. The molecule has 0 N–H and O–H groups in total. The highest BCUT2D eigenvalue weighted by atomic mass is 16.5. The van der Waals surface area contributed by atoms with E-state index in [9.17, 15) is 4.79 Å². The van der Waals surface area contributed by atoms with E-state index in [0.29, 0.717) is 0 Å². The van der Waals surface area contributed by atoms with Crippen molar-refractivity contribution in [2.24, 2.45) is 5.92 Å². The Morgan fingerprint density at radius 1 is 1.37 bits per heavy atom. The van der Waals surface area contributed by atoms with E-state index < -0.39 is 0 Å². The van der Waals surface area contributed by atoms with Crippen molar-refractivity contribution < 1.29 is 9.53 Å². The zero-order valence-electron chi connectivity index (χ0n) is 11.8. The maximum atomic E-state index is 12.1. The lowest BCUT2D eigenvalue weighted by Gasteiger charge is -2.21. The van der Waals surface area contributed by atoms with Crippen molar-refractivity contribution in [2.45, 2.75) is 45.6 Å². The number of carbonyl (C=O) groups is 1. The van der Waals surface area contributed by atoms with Crippen LogP contribution in [-0.2, 0) is 16.0 Å². The van der Waals surface area contributed by atoms with Gasteiger partial charge in [0.1, 0.15) is 6.10 Å². The molecule has 0 aliphatic heterocycles. The molecule has 0 unspecified atom stereocenters. The molecule has 2 rings (SSSR count). The zero-order chi connectivity index (χ0) is 13.7. The van der Waals surface area contributed by atoms with Crippen LogP contribution in [0, 0.1) is 5.92 Å². The van der Waals surface area contributed by atoms with Gasteiger partial charge in [-0.25, -0.2) is 0 Å². The van der Waals surface area contributed by atoms with E-state index in [1.54, 1.807) is 0 Å². The summed E-state index contributed by atoms with van der Waals surface area (Å²) in [4.78, 5) is 12.1. The van der Waals surface area contributed by atoms with Crippen molar-refractivity contribution in [1.82, 2.24) is 0 Å². The van der Waals surface area contributed by atoms with E-state index in [-0.39, 0.29) is 18.0 Å². The first kappa shape index (κ1) is 13.9. The first-order chi connectivity index (χ1) is 9.15. The summed E-state index contributed by atoms with van der Waals surface area (Å²) in [5.74, 6) is -0.169. The average Bonchev–Trinajstić information content (AvgIpc) is 2.40. The fourth-order valence-corrected chi connectivity index (χ4v) is 2.48. The van der Waals surface area contributed by atoms with Crippen molar-refractivity contribution in [2.75, 3.05) is 0 Å². The minimum absolute atomic E-state index is 0.0144. The van der Waals surface area contributed by atoms with E-state index in [4.69, 9.17) is 4.74 Å². The smallest absolute Gasteiger partial charge is 0.309 e. The maximum Gasteiger partial charge on any atom is 0.309 e. The van der Waals surface area contributed by atoms with Crippen LogP contribution in [0.25, 0.3) is 0 Å². The average molecular weight is 258 g/mol. The summed E-state index contributed by atoms with van der Waals surface area (Å²) in [7, 11) is 0. The third kappa shape index (κ3) is 4.23. The molecule has 0 spiro atoms. The predicted molar refractivity (Wildman–Crippen MR) is 76.8 cm³/mol.